The molecule has 0 aliphatic carbocycles. The van der Waals surface area contributed by atoms with Crippen molar-refractivity contribution in [3.63, 3.8) is 0 Å². The maximum Gasteiger partial charge on any atom is 0.243 e. The van der Waals surface area contributed by atoms with Crippen molar-refractivity contribution >= 4 is 5.91 Å². The number of hydrogen-bond donors (Lipinski definition) is 1. The van der Waals surface area contributed by atoms with Gasteiger partial charge in [-0.1, -0.05) is 18.2 Å². The van der Waals surface area contributed by atoms with Gasteiger partial charge in [-0.25, -0.2) is 14.4 Å². The molecular weight excluding hydrogens is 323 g/mol. The predicted molar refractivity (Wildman–Crippen MR) is 89.5 cm³/mol. The number of nitrogens with one attached hydrogen (secondary N) is 1. The lowest BCUT2D eigenvalue weighted by atomic mass is 10.2. The monoisotopic (exact) mass is 340 g/mol. The quantitative estimate of drug-likeness (QED) is 0.749. The molecule has 0 unspecified atom stereocenters. The highest BCUT2D eigenvalue weighted by molar-refractivity contribution is 5.79. The van der Waals surface area contributed by atoms with E-state index in [4.69, 9.17) is 4.74 Å². The van der Waals surface area contributed by atoms with Gasteiger partial charge < -0.3 is 14.6 Å². The fourth-order valence-corrected chi connectivity index (χ4v) is 2.25. The standard InChI is InChI=1S/C18H17FN4O2/c1-13(23-10-9-20-12-23)17(24)22-11-14-5-4-8-21-18(14)25-16-7-3-2-6-15(16)19/h2-10,12-13H,11H2,1H3,(H,22,24)/t13-/m1/s1. The first-order valence-corrected chi connectivity index (χ1v) is 7.76. The Morgan fingerprint density at radius 3 is 2.88 bits per heavy atom. The summed E-state index contributed by atoms with van der Waals surface area (Å²) in [6.07, 6.45) is 6.48. The van der Waals surface area contributed by atoms with Crippen molar-refractivity contribution in [3.8, 4) is 11.6 Å². The van der Waals surface area contributed by atoms with Crippen LogP contribution in [0.25, 0.3) is 0 Å². The first kappa shape index (κ1) is 16.6. The van der Waals surface area contributed by atoms with Crippen LogP contribution in [0.2, 0.25) is 0 Å². The SMILES string of the molecule is C[C@H](C(=O)NCc1cccnc1Oc1ccccc1F)n1ccnc1. The number of nitrogens with zero attached hydrogens (tertiary/aromatic N) is 3. The lowest BCUT2D eigenvalue weighted by Crippen LogP contribution is -2.30. The molecule has 1 N–H and O–H groups in total. The fraction of sp³-hybridized carbons (Fsp3) is 0.167. The summed E-state index contributed by atoms with van der Waals surface area (Å²) in [4.78, 5) is 20.3. The van der Waals surface area contributed by atoms with E-state index < -0.39 is 11.9 Å². The van der Waals surface area contributed by atoms with Gasteiger partial charge in [0.2, 0.25) is 11.8 Å². The van der Waals surface area contributed by atoms with Gasteiger partial charge in [0.1, 0.15) is 6.04 Å². The highest BCUT2D eigenvalue weighted by Gasteiger charge is 2.15. The molecule has 128 valence electrons. The Balaban J connectivity index is 1.69. The van der Waals surface area contributed by atoms with Crippen LogP contribution in [0.1, 0.15) is 18.5 Å². The van der Waals surface area contributed by atoms with Crippen LogP contribution in [0.4, 0.5) is 4.39 Å². The second-order valence-electron chi connectivity index (χ2n) is 5.40. The first-order valence-electron chi connectivity index (χ1n) is 7.76. The smallest absolute Gasteiger partial charge is 0.243 e. The van der Waals surface area contributed by atoms with Gasteiger partial charge in [0.05, 0.1) is 6.33 Å². The van der Waals surface area contributed by atoms with E-state index in [0.29, 0.717) is 5.56 Å². The van der Waals surface area contributed by atoms with E-state index in [-0.39, 0.29) is 24.1 Å². The summed E-state index contributed by atoms with van der Waals surface area (Å²) in [5.41, 5.74) is 0.650. The van der Waals surface area contributed by atoms with Gasteiger partial charge in [-0.2, -0.15) is 0 Å². The molecule has 6 nitrogen and oxygen atoms in total. The lowest BCUT2D eigenvalue weighted by molar-refractivity contribution is -0.124. The summed E-state index contributed by atoms with van der Waals surface area (Å²) in [5.74, 6) is -0.306. The highest BCUT2D eigenvalue weighted by atomic mass is 19.1. The highest BCUT2D eigenvalue weighted by Crippen LogP contribution is 2.25. The number of rotatable bonds is 6. The minimum atomic E-state index is -0.475. The molecule has 3 aromatic rings. The van der Waals surface area contributed by atoms with Gasteiger partial charge in [0.25, 0.3) is 0 Å². The van der Waals surface area contributed by atoms with E-state index in [0.717, 1.165) is 0 Å². The maximum absolute atomic E-state index is 13.8. The summed E-state index contributed by atoms with van der Waals surface area (Å²) >= 11 is 0. The third-order valence-corrected chi connectivity index (χ3v) is 3.70. The van der Waals surface area contributed by atoms with Gasteiger partial charge in [0.15, 0.2) is 11.6 Å². The van der Waals surface area contributed by atoms with Crippen molar-refractivity contribution in [1.82, 2.24) is 19.9 Å². The van der Waals surface area contributed by atoms with Crippen LogP contribution in [0, 0.1) is 5.82 Å². The molecule has 2 heterocycles. The average molecular weight is 340 g/mol. The molecular formula is C18H17FN4O2. The Morgan fingerprint density at radius 2 is 2.12 bits per heavy atom. The van der Waals surface area contributed by atoms with Crippen LogP contribution < -0.4 is 10.1 Å². The predicted octanol–water partition coefficient (Wildman–Crippen LogP) is 3.09. The summed E-state index contributed by atoms with van der Waals surface area (Å²) in [5, 5.41) is 2.83. The maximum atomic E-state index is 13.8. The van der Waals surface area contributed by atoms with E-state index in [2.05, 4.69) is 15.3 Å². The first-order chi connectivity index (χ1) is 12.1. The van der Waals surface area contributed by atoms with Crippen LogP contribution in [0.15, 0.2) is 61.3 Å². The topological polar surface area (TPSA) is 69.0 Å². The minimum Gasteiger partial charge on any atom is -0.436 e. The third kappa shape index (κ3) is 4.00. The second kappa shape index (κ2) is 7.57. The van der Waals surface area contributed by atoms with E-state index in [1.165, 1.54) is 12.1 Å². The molecule has 1 amide bonds. The number of aromatic nitrogens is 3. The number of para-hydroxylation sites is 1. The largest absolute Gasteiger partial charge is 0.436 e. The number of carbonyl (C=O) groups is 1. The zero-order valence-corrected chi connectivity index (χ0v) is 13.6. The Hall–Kier alpha value is -3.22. The number of carbonyl (C=O) groups excluding carboxylic acids is 1. The molecule has 0 radical (unpaired) electrons. The molecule has 0 bridgehead atoms. The van der Waals surface area contributed by atoms with Crippen molar-refractivity contribution in [2.45, 2.75) is 19.5 Å². The fourth-order valence-electron chi connectivity index (χ4n) is 2.25. The molecule has 1 aromatic carbocycles. The molecule has 0 saturated carbocycles. The number of hydrogen-bond acceptors (Lipinski definition) is 4. The third-order valence-electron chi connectivity index (χ3n) is 3.70. The zero-order chi connectivity index (χ0) is 17.6. The molecule has 3 rings (SSSR count). The zero-order valence-electron chi connectivity index (χ0n) is 13.6. The van der Waals surface area contributed by atoms with Crippen LogP contribution in [-0.2, 0) is 11.3 Å². The molecule has 25 heavy (non-hydrogen) atoms. The summed E-state index contributed by atoms with van der Waals surface area (Å²) in [6.45, 7) is 1.99. The number of amides is 1. The molecule has 0 aliphatic rings. The van der Waals surface area contributed by atoms with E-state index in [1.807, 2.05) is 0 Å². The van der Waals surface area contributed by atoms with Gasteiger partial charge >= 0.3 is 0 Å². The Kier molecular flexibility index (Phi) is 5.03. The second-order valence-corrected chi connectivity index (χ2v) is 5.40. The number of benzene rings is 1. The van der Waals surface area contributed by atoms with Crippen molar-refractivity contribution in [3.05, 3.63) is 72.7 Å². The number of halogens is 1. The van der Waals surface area contributed by atoms with Crippen molar-refractivity contribution in [2.24, 2.45) is 0 Å². The lowest BCUT2D eigenvalue weighted by Gasteiger charge is -2.15. The van der Waals surface area contributed by atoms with Crippen molar-refractivity contribution in [1.29, 1.82) is 0 Å². The van der Waals surface area contributed by atoms with Crippen molar-refractivity contribution < 1.29 is 13.9 Å². The van der Waals surface area contributed by atoms with Crippen LogP contribution >= 0.6 is 0 Å². The number of imidazole rings is 1. The molecule has 0 saturated heterocycles. The average Bonchev–Trinajstić information content (AvgIpc) is 3.16. The van der Waals surface area contributed by atoms with Gasteiger partial charge in [0, 0.05) is 30.7 Å². The van der Waals surface area contributed by atoms with Gasteiger partial charge in [-0.05, 0) is 25.1 Å². The van der Waals surface area contributed by atoms with Crippen LogP contribution in [0.5, 0.6) is 11.6 Å². The van der Waals surface area contributed by atoms with Gasteiger partial charge in [-0.15, -0.1) is 0 Å². The minimum absolute atomic E-state index is 0.0839. The Bertz CT molecular complexity index is 852. The Labute approximate surface area is 144 Å². The number of pyridine rings is 1. The van der Waals surface area contributed by atoms with Crippen LogP contribution in [-0.4, -0.2) is 20.4 Å². The van der Waals surface area contributed by atoms with Crippen LogP contribution in [0.3, 0.4) is 0 Å². The Morgan fingerprint density at radius 1 is 1.28 bits per heavy atom. The molecule has 7 heteroatoms. The van der Waals surface area contributed by atoms with E-state index in [9.17, 15) is 9.18 Å². The summed E-state index contributed by atoms with van der Waals surface area (Å²) in [6, 6.07) is 9.20. The van der Waals surface area contributed by atoms with E-state index >= 15 is 0 Å². The molecule has 0 spiro atoms. The molecule has 1 atom stereocenters. The summed E-state index contributed by atoms with van der Waals surface area (Å²) < 4.78 is 21.0. The van der Waals surface area contributed by atoms with Gasteiger partial charge in [-0.3, -0.25) is 4.79 Å². The molecule has 2 aromatic heterocycles. The van der Waals surface area contributed by atoms with Crippen molar-refractivity contribution in [2.75, 3.05) is 0 Å². The molecule has 0 fully saturated rings. The van der Waals surface area contributed by atoms with E-state index in [1.54, 1.807) is 60.7 Å². The summed E-state index contributed by atoms with van der Waals surface area (Å²) in [7, 11) is 0. The molecule has 0 aliphatic heterocycles. The normalized spacial score (nSPS) is 11.8. The number of ether oxygens (including phenoxy) is 1.